The second-order valence-electron chi connectivity index (χ2n) is 3.41. The Kier molecular flexibility index (Phi) is 3.05. The van der Waals surface area contributed by atoms with Crippen LogP contribution >= 0.6 is 0 Å². The van der Waals surface area contributed by atoms with Gasteiger partial charge in [0.25, 0.3) is 0 Å². The Balaban J connectivity index is 2.22. The second kappa shape index (κ2) is 4.66. The summed E-state index contributed by atoms with van der Waals surface area (Å²) < 4.78 is 4.81. The average molecular weight is 215 g/mol. The van der Waals surface area contributed by atoms with Crippen molar-refractivity contribution in [2.75, 3.05) is 11.9 Å². The lowest BCUT2D eigenvalue weighted by Gasteiger charge is -2.06. The third-order valence-corrected chi connectivity index (χ3v) is 2.27. The predicted molar refractivity (Wildman–Crippen MR) is 64.6 cm³/mol. The fourth-order valence-corrected chi connectivity index (χ4v) is 1.55. The highest BCUT2D eigenvalue weighted by molar-refractivity contribution is 5.91. The molecule has 0 atom stereocenters. The van der Waals surface area contributed by atoms with Gasteiger partial charge >= 0.3 is 6.09 Å². The van der Waals surface area contributed by atoms with Gasteiger partial charge in [-0.1, -0.05) is 30.3 Å². The molecule has 0 fully saturated rings. The van der Waals surface area contributed by atoms with Gasteiger partial charge in [0.2, 0.25) is 0 Å². The van der Waals surface area contributed by atoms with E-state index in [1.165, 1.54) is 0 Å². The second-order valence-corrected chi connectivity index (χ2v) is 3.41. The van der Waals surface area contributed by atoms with Gasteiger partial charge in [-0.15, -0.1) is 0 Å². The van der Waals surface area contributed by atoms with Crippen LogP contribution in [-0.2, 0) is 4.74 Å². The van der Waals surface area contributed by atoms with Gasteiger partial charge in [0.1, 0.15) is 0 Å². The third-order valence-electron chi connectivity index (χ3n) is 2.27. The van der Waals surface area contributed by atoms with Crippen molar-refractivity contribution in [1.29, 1.82) is 0 Å². The van der Waals surface area contributed by atoms with E-state index >= 15 is 0 Å². The van der Waals surface area contributed by atoms with Crippen LogP contribution in [0.5, 0.6) is 0 Å². The predicted octanol–water partition coefficient (Wildman–Crippen LogP) is 3.41. The summed E-state index contributed by atoms with van der Waals surface area (Å²) in [6, 6.07) is 13.7. The molecular formula is C13H13NO2. The Bertz CT molecular complexity index is 508. The molecule has 0 aromatic heterocycles. The highest BCUT2D eigenvalue weighted by Gasteiger charge is 2.01. The molecule has 16 heavy (non-hydrogen) atoms. The van der Waals surface area contributed by atoms with Crippen molar-refractivity contribution in [2.45, 2.75) is 6.92 Å². The molecule has 82 valence electrons. The SMILES string of the molecule is CCOC(=O)Nc1ccc2ccccc2c1. The Morgan fingerprint density at radius 3 is 2.69 bits per heavy atom. The summed E-state index contributed by atoms with van der Waals surface area (Å²) >= 11 is 0. The molecule has 0 spiro atoms. The minimum absolute atomic E-state index is 0.374. The zero-order chi connectivity index (χ0) is 11.4. The average Bonchev–Trinajstić information content (AvgIpc) is 2.29. The maximum absolute atomic E-state index is 11.2. The summed E-state index contributed by atoms with van der Waals surface area (Å²) in [4.78, 5) is 11.2. The van der Waals surface area contributed by atoms with Crippen molar-refractivity contribution >= 4 is 22.6 Å². The number of fused-ring (bicyclic) bond motifs is 1. The fraction of sp³-hybridized carbons (Fsp3) is 0.154. The van der Waals surface area contributed by atoms with E-state index in [0.717, 1.165) is 16.5 Å². The summed E-state index contributed by atoms with van der Waals surface area (Å²) in [5.74, 6) is 0. The van der Waals surface area contributed by atoms with Crippen LogP contribution in [0.1, 0.15) is 6.92 Å². The summed E-state index contributed by atoms with van der Waals surface area (Å²) in [5, 5.41) is 4.92. The van der Waals surface area contributed by atoms with Crippen LogP contribution in [0.25, 0.3) is 10.8 Å². The molecule has 0 saturated heterocycles. The first-order valence-electron chi connectivity index (χ1n) is 5.22. The molecule has 1 amide bonds. The van der Waals surface area contributed by atoms with Gasteiger partial charge in [-0.3, -0.25) is 5.32 Å². The highest BCUT2D eigenvalue weighted by Crippen LogP contribution is 2.18. The molecule has 0 radical (unpaired) electrons. The van der Waals surface area contributed by atoms with Crippen LogP contribution in [-0.4, -0.2) is 12.7 Å². The fourth-order valence-electron chi connectivity index (χ4n) is 1.55. The van der Waals surface area contributed by atoms with Gasteiger partial charge in [0, 0.05) is 5.69 Å². The maximum Gasteiger partial charge on any atom is 0.411 e. The minimum Gasteiger partial charge on any atom is -0.450 e. The highest BCUT2D eigenvalue weighted by atomic mass is 16.5. The summed E-state index contributed by atoms with van der Waals surface area (Å²) in [7, 11) is 0. The molecule has 2 rings (SSSR count). The Hall–Kier alpha value is -2.03. The number of anilines is 1. The molecule has 0 bridgehead atoms. The van der Waals surface area contributed by atoms with Crippen LogP contribution in [0.3, 0.4) is 0 Å². The van der Waals surface area contributed by atoms with Gasteiger partial charge in [0.15, 0.2) is 0 Å². The van der Waals surface area contributed by atoms with Gasteiger partial charge in [-0.2, -0.15) is 0 Å². The molecule has 0 saturated carbocycles. The van der Waals surface area contributed by atoms with Crippen LogP contribution in [0.4, 0.5) is 10.5 Å². The first-order valence-corrected chi connectivity index (χ1v) is 5.22. The minimum atomic E-state index is -0.419. The number of ether oxygens (including phenoxy) is 1. The van der Waals surface area contributed by atoms with Crippen molar-refractivity contribution in [3.63, 3.8) is 0 Å². The summed E-state index contributed by atoms with van der Waals surface area (Å²) in [5.41, 5.74) is 0.747. The van der Waals surface area contributed by atoms with Crippen LogP contribution in [0.2, 0.25) is 0 Å². The summed E-state index contributed by atoms with van der Waals surface area (Å²) in [6.45, 7) is 2.15. The molecule has 0 aliphatic rings. The van der Waals surface area contributed by atoms with Gasteiger partial charge < -0.3 is 4.74 Å². The quantitative estimate of drug-likeness (QED) is 0.833. The molecule has 3 heteroatoms. The number of amides is 1. The summed E-state index contributed by atoms with van der Waals surface area (Å²) in [6.07, 6.45) is -0.419. The lowest BCUT2D eigenvalue weighted by atomic mass is 10.1. The number of nitrogens with one attached hydrogen (secondary N) is 1. The molecule has 2 aromatic carbocycles. The largest absolute Gasteiger partial charge is 0.450 e. The van der Waals surface area contributed by atoms with Gasteiger partial charge in [0.05, 0.1) is 6.61 Å². The number of carbonyl (C=O) groups excluding carboxylic acids is 1. The van der Waals surface area contributed by atoms with E-state index in [9.17, 15) is 4.79 Å². The van der Waals surface area contributed by atoms with Crippen LogP contribution in [0.15, 0.2) is 42.5 Å². The number of hydrogen-bond donors (Lipinski definition) is 1. The maximum atomic E-state index is 11.2. The van der Waals surface area contributed by atoms with Crippen molar-refractivity contribution in [2.24, 2.45) is 0 Å². The zero-order valence-corrected chi connectivity index (χ0v) is 9.07. The normalized spacial score (nSPS) is 10.1. The van der Waals surface area contributed by atoms with Crippen molar-refractivity contribution in [3.8, 4) is 0 Å². The standard InChI is InChI=1S/C13H13NO2/c1-2-16-13(15)14-12-8-7-10-5-3-4-6-11(10)9-12/h3-9H,2H2,1H3,(H,14,15). The van der Waals surface area contributed by atoms with Crippen molar-refractivity contribution < 1.29 is 9.53 Å². The van der Waals surface area contributed by atoms with Gasteiger partial charge in [-0.05, 0) is 29.8 Å². The molecule has 3 nitrogen and oxygen atoms in total. The van der Waals surface area contributed by atoms with Crippen molar-refractivity contribution in [1.82, 2.24) is 0 Å². The molecule has 0 unspecified atom stereocenters. The zero-order valence-electron chi connectivity index (χ0n) is 9.07. The lowest BCUT2D eigenvalue weighted by molar-refractivity contribution is 0.168. The first kappa shape index (κ1) is 10.5. The van der Waals surface area contributed by atoms with E-state index in [1.807, 2.05) is 42.5 Å². The van der Waals surface area contributed by atoms with E-state index in [-0.39, 0.29) is 0 Å². The molecule has 1 N–H and O–H groups in total. The van der Waals surface area contributed by atoms with E-state index in [2.05, 4.69) is 5.32 Å². The van der Waals surface area contributed by atoms with E-state index in [1.54, 1.807) is 6.92 Å². The monoisotopic (exact) mass is 215 g/mol. The third kappa shape index (κ3) is 2.31. The van der Waals surface area contributed by atoms with Crippen molar-refractivity contribution in [3.05, 3.63) is 42.5 Å². The Morgan fingerprint density at radius 1 is 1.19 bits per heavy atom. The van der Waals surface area contributed by atoms with E-state index in [4.69, 9.17) is 4.74 Å². The lowest BCUT2D eigenvalue weighted by Crippen LogP contribution is -2.13. The smallest absolute Gasteiger partial charge is 0.411 e. The number of benzene rings is 2. The Morgan fingerprint density at radius 2 is 1.94 bits per heavy atom. The van der Waals surface area contributed by atoms with Gasteiger partial charge in [-0.25, -0.2) is 4.79 Å². The van der Waals surface area contributed by atoms with E-state index in [0.29, 0.717) is 6.61 Å². The number of rotatable bonds is 2. The molecule has 0 aliphatic carbocycles. The van der Waals surface area contributed by atoms with E-state index < -0.39 is 6.09 Å². The van der Waals surface area contributed by atoms with Crippen LogP contribution in [0, 0.1) is 0 Å². The topological polar surface area (TPSA) is 38.3 Å². The molecule has 0 aliphatic heterocycles. The Labute approximate surface area is 94.0 Å². The number of hydrogen-bond acceptors (Lipinski definition) is 2. The number of carbonyl (C=O) groups is 1. The molecular weight excluding hydrogens is 202 g/mol. The first-order chi connectivity index (χ1) is 7.79. The van der Waals surface area contributed by atoms with Crippen LogP contribution < -0.4 is 5.32 Å². The molecule has 2 aromatic rings. The molecule has 0 heterocycles.